The number of anilines is 1. The van der Waals surface area contributed by atoms with Gasteiger partial charge in [0.2, 0.25) is 0 Å². The fraction of sp³-hybridized carbons (Fsp3) is 0.100. The molecule has 0 radical (unpaired) electrons. The van der Waals surface area contributed by atoms with Crippen molar-refractivity contribution in [3.63, 3.8) is 0 Å². The predicted octanol–water partition coefficient (Wildman–Crippen LogP) is 3.42. The van der Waals surface area contributed by atoms with Gasteiger partial charge in [0.05, 0.1) is 5.56 Å². The third-order valence-electron chi connectivity index (χ3n) is 4.57. The summed E-state index contributed by atoms with van der Waals surface area (Å²) in [7, 11) is 3.43. The van der Waals surface area contributed by atoms with E-state index in [4.69, 9.17) is 0 Å². The van der Waals surface area contributed by atoms with E-state index in [2.05, 4.69) is 5.32 Å². The molecule has 2 aromatic carbocycles. The third kappa shape index (κ3) is 2.38. The molecule has 26 heavy (non-hydrogen) atoms. The average Bonchev–Trinajstić information content (AvgIpc) is 2.93. The van der Waals surface area contributed by atoms with Gasteiger partial charge in [0.25, 0.3) is 11.5 Å². The summed E-state index contributed by atoms with van der Waals surface area (Å²) in [6.45, 7) is 0. The Bertz CT molecular complexity index is 1220. The van der Waals surface area contributed by atoms with Crippen LogP contribution in [0.3, 0.4) is 0 Å². The highest BCUT2D eigenvalue weighted by Crippen LogP contribution is 2.29. The SMILES string of the molecule is Cn1cc(C(=O)Nc2ccc(F)cc2)c2c3ccccc3n(C)c2c1=O. The van der Waals surface area contributed by atoms with Crippen LogP contribution in [0.2, 0.25) is 0 Å². The number of hydrogen-bond acceptors (Lipinski definition) is 2. The van der Waals surface area contributed by atoms with Gasteiger partial charge in [-0.1, -0.05) is 18.2 Å². The molecule has 0 spiro atoms. The Morgan fingerprint density at radius 2 is 1.73 bits per heavy atom. The van der Waals surface area contributed by atoms with Crippen molar-refractivity contribution in [2.45, 2.75) is 0 Å². The van der Waals surface area contributed by atoms with Gasteiger partial charge in [-0.15, -0.1) is 0 Å². The van der Waals surface area contributed by atoms with Crippen molar-refractivity contribution in [1.29, 1.82) is 0 Å². The van der Waals surface area contributed by atoms with E-state index < -0.39 is 0 Å². The number of halogens is 1. The lowest BCUT2D eigenvalue weighted by Gasteiger charge is -2.09. The number of fused-ring (bicyclic) bond motifs is 3. The molecule has 2 heterocycles. The van der Waals surface area contributed by atoms with Crippen molar-refractivity contribution < 1.29 is 9.18 Å². The van der Waals surface area contributed by atoms with Crippen molar-refractivity contribution in [3.8, 4) is 0 Å². The number of nitrogens with zero attached hydrogens (tertiary/aromatic N) is 2. The smallest absolute Gasteiger partial charge is 0.274 e. The molecule has 0 unspecified atom stereocenters. The highest BCUT2D eigenvalue weighted by atomic mass is 19.1. The van der Waals surface area contributed by atoms with Crippen LogP contribution in [0.25, 0.3) is 21.8 Å². The van der Waals surface area contributed by atoms with E-state index in [0.29, 0.717) is 22.2 Å². The minimum Gasteiger partial charge on any atom is -0.339 e. The van der Waals surface area contributed by atoms with E-state index >= 15 is 0 Å². The van der Waals surface area contributed by atoms with E-state index in [9.17, 15) is 14.0 Å². The van der Waals surface area contributed by atoms with Crippen LogP contribution in [0.4, 0.5) is 10.1 Å². The first-order valence-corrected chi connectivity index (χ1v) is 8.11. The molecule has 4 aromatic rings. The Balaban J connectivity index is 1.96. The number of amides is 1. The summed E-state index contributed by atoms with van der Waals surface area (Å²) in [5.74, 6) is -0.727. The van der Waals surface area contributed by atoms with Crippen LogP contribution < -0.4 is 10.9 Å². The number of nitrogens with one attached hydrogen (secondary N) is 1. The minimum absolute atomic E-state index is 0.169. The van der Waals surface area contributed by atoms with Crippen LogP contribution in [0.5, 0.6) is 0 Å². The molecule has 6 heteroatoms. The Labute approximate surface area is 148 Å². The van der Waals surface area contributed by atoms with E-state index in [0.717, 1.165) is 10.9 Å². The maximum Gasteiger partial charge on any atom is 0.274 e. The molecule has 4 rings (SSSR count). The first kappa shape index (κ1) is 16.1. The van der Waals surface area contributed by atoms with Gasteiger partial charge in [0.15, 0.2) is 0 Å². The van der Waals surface area contributed by atoms with Crippen LogP contribution in [-0.2, 0) is 14.1 Å². The second-order valence-corrected chi connectivity index (χ2v) is 6.22. The summed E-state index contributed by atoms with van der Waals surface area (Å²) in [6, 6.07) is 13.1. The lowest BCUT2D eigenvalue weighted by Crippen LogP contribution is -2.22. The van der Waals surface area contributed by atoms with Gasteiger partial charge < -0.3 is 14.5 Å². The van der Waals surface area contributed by atoms with Gasteiger partial charge in [-0.2, -0.15) is 0 Å². The van der Waals surface area contributed by atoms with Crippen LogP contribution in [-0.4, -0.2) is 15.0 Å². The highest BCUT2D eigenvalue weighted by Gasteiger charge is 2.20. The zero-order valence-electron chi connectivity index (χ0n) is 14.3. The molecule has 0 aliphatic carbocycles. The minimum atomic E-state index is -0.374. The Morgan fingerprint density at radius 1 is 1.04 bits per heavy atom. The molecule has 0 bridgehead atoms. The second kappa shape index (κ2) is 5.84. The molecule has 0 aliphatic heterocycles. The predicted molar refractivity (Wildman–Crippen MR) is 100 cm³/mol. The van der Waals surface area contributed by atoms with Crippen molar-refractivity contribution in [2.24, 2.45) is 14.1 Å². The lowest BCUT2D eigenvalue weighted by molar-refractivity contribution is 0.102. The Hall–Kier alpha value is -3.41. The summed E-state index contributed by atoms with van der Waals surface area (Å²) < 4.78 is 16.3. The molecule has 130 valence electrons. The van der Waals surface area contributed by atoms with Gasteiger partial charge in [0.1, 0.15) is 11.3 Å². The summed E-state index contributed by atoms with van der Waals surface area (Å²) in [5, 5.41) is 4.22. The first-order valence-electron chi connectivity index (χ1n) is 8.11. The maximum atomic E-state index is 13.1. The number of benzene rings is 2. The zero-order chi connectivity index (χ0) is 18.4. The normalized spacial score (nSPS) is 11.2. The molecule has 0 fully saturated rings. The van der Waals surface area contributed by atoms with Crippen molar-refractivity contribution >= 4 is 33.4 Å². The summed E-state index contributed by atoms with van der Waals surface area (Å²) in [4.78, 5) is 25.6. The van der Waals surface area contributed by atoms with Crippen LogP contribution in [0, 0.1) is 5.82 Å². The van der Waals surface area contributed by atoms with Crippen molar-refractivity contribution in [1.82, 2.24) is 9.13 Å². The second-order valence-electron chi connectivity index (χ2n) is 6.22. The fourth-order valence-corrected chi connectivity index (χ4v) is 3.30. The van der Waals surface area contributed by atoms with Gasteiger partial charge in [-0.05, 0) is 30.3 Å². The van der Waals surface area contributed by atoms with E-state index in [-0.39, 0.29) is 17.3 Å². The highest BCUT2D eigenvalue weighted by molar-refractivity contribution is 6.20. The zero-order valence-corrected chi connectivity index (χ0v) is 14.3. The summed E-state index contributed by atoms with van der Waals surface area (Å²) in [6.07, 6.45) is 1.54. The fourth-order valence-electron chi connectivity index (χ4n) is 3.30. The topological polar surface area (TPSA) is 56.0 Å². The van der Waals surface area contributed by atoms with Crippen LogP contribution in [0.1, 0.15) is 10.4 Å². The number of hydrogen-bond donors (Lipinski definition) is 1. The molecule has 0 atom stereocenters. The standard InChI is InChI=1S/C20H16FN3O2/c1-23-11-15(19(25)22-13-9-7-12(21)8-10-13)17-14-5-3-4-6-16(14)24(2)18(17)20(23)26/h3-11H,1-2H3,(H,22,25). The number of para-hydroxylation sites is 1. The van der Waals surface area contributed by atoms with E-state index in [1.807, 2.05) is 35.9 Å². The molecule has 0 aliphatic rings. The molecule has 0 saturated heterocycles. The van der Waals surface area contributed by atoms with Gasteiger partial charge in [-0.25, -0.2) is 4.39 Å². The molecule has 0 saturated carbocycles. The molecule has 1 N–H and O–H groups in total. The first-order chi connectivity index (χ1) is 12.5. The lowest BCUT2D eigenvalue weighted by atomic mass is 10.1. The molecule has 5 nitrogen and oxygen atoms in total. The number of aromatic nitrogens is 2. The number of carbonyl (C=O) groups excluding carboxylic acids is 1. The average molecular weight is 349 g/mol. The summed E-state index contributed by atoms with van der Waals surface area (Å²) in [5.41, 5.74) is 2.06. The molecule has 1 amide bonds. The monoisotopic (exact) mass is 349 g/mol. The van der Waals surface area contributed by atoms with Gasteiger partial charge in [0, 0.05) is 42.3 Å². The molecular formula is C20H16FN3O2. The quantitative estimate of drug-likeness (QED) is 0.603. The number of pyridine rings is 1. The number of rotatable bonds is 2. The molecule has 2 aromatic heterocycles. The van der Waals surface area contributed by atoms with Crippen LogP contribution in [0.15, 0.2) is 59.5 Å². The van der Waals surface area contributed by atoms with Crippen molar-refractivity contribution in [2.75, 3.05) is 5.32 Å². The third-order valence-corrected chi connectivity index (χ3v) is 4.57. The Morgan fingerprint density at radius 3 is 2.46 bits per heavy atom. The van der Waals surface area contributed by atoms with E-state index in [1.54, 1.807) is 7.05 Å². The largest absolute Gasteiger partial charge is 0.339 e. The number of aryl methyl sites for hydroxylation is 2. The van der Waals surface area contributed by atoms with Crippen LogP contribution >= 0.6 is 0 Å². The van der Waals surface area contributed by atoms with E-state index in [1.165, 1.54) is 35.0 Å². The van der Waals surface area contributed by atoms with Crippen molar-refractivity contribution in [3.05, 3.63) is 76.5 Å². The molecular weight excluding hydrogens is 333 g/mol. The summed E-state index contributed by atoms with van der Waals surface area (Å²) >= 11 is 0. The maximum absolute atomic E-state index is 13.1. The Kier molecular flexibility index (Phi) is 3.61. The van der Waals surface area contributed by atoms with Gasteiger partial charge in [-0.3, -0.25) is 9.59 Å². The number of carbonyl (C=O) groups is 1. The van der Waals surface area contributed by atoms with Gasteiger partial charge >= 0.3 is 0 Å².